The van der Waals surface area contributed by atoms with Crippen molar-refractivity contribution in [2.75, 3.05) is 32.8 Å². The zero-order valence-corrected chi connectivity index (χ0v) is 12.8. The molecule has 0 unspecified atom stereocenters. The second kappa shape index (κ2) is 7.77. The fraction of sp³-hybridized carbons (Fsp3) is 0.500. The van der Waals surface area contributed by atoms with Crippen molar-refractivity contribution in [2.24, 2.45) is 0 Å². The number of hydrogen-bond acceptors (Lipinski definition) is 3. The number of benzene rings is 1. The lowest BCUT2D eigenvalue weighted by Crippen LogP contribution is -2.37. The lowest BCUT2D eigenvalue weighted by atomic mass is 10.3. The minimum atomic E-state index is -0.317. The maximum Gasteiger partial charge on any atom is 0.226 e. The SMILES string of the molecule is CC(=O)N1CCCN(C(=O)CCOc2ccc(F)cc2)CC1. The minimum absolute atomic E-state index is 0.0208. The van der Waals surface area contributed by atoms with Crippen molar-refractivity contribution >= 4 is 11.8 Å². The van der Waals surface area contributed by atoms with Crippen LogP contribution in [0.25, 0.3) is 0 Å². The van der Waals surface area contributed by atoms with Crippen LogP contribution in [0.1, 0.15) is 19.8 Å². The molecule has 1 fully saturated rings. The van der Waals surface area contributed by atoms with Gasteiger partial charge in [-0.05, 0) is 30.7 Å². The first kappa shape index (κ1) is 16.3. The lowest BCUT2D eigenvalue weighted by molar-refractivity contribution is -0.133. The van der Waals surface area contributed by atoms with E-state index in [9.17, 15) is 14.0 Å². The van der Waals surface area contributed by atoms with Gasteiger partial charge in [0, 0.05) is 33.1 Å². The van der Waals surface area contributed by atoms with E-state index in [1.807, 2.05) is 0 Å². The van der Waals surface area contributed by atoms with Crippen LogP contribution in [-0.4, -0.2) is 54.4 Å². The second-order valence-corrected chi connectivity index (χ2v) is 5.29. The molecule has 0 N–H and O–H groups in total. The standard InChI is InChI=1S/C16H21FN2O3/c1-13(20)18-8-2-9-19(11-10-18)16(21)7-12-22-15-5-3-14(17)4-6-15/h3-6H,2,7-12H2,1H3. The highest BCUT2D eigenvalue weighted by Crippen LogP contribution is 2.12. The number of carbonyl (C=O) groups is 2. The normalized spacial score (nSPS) is 15.4. The first-order valence-corrected chi connectivity index (χ1v) is 7.48. The van der Waals surface area contributed by atoms with Crippen LogP contribution in [0.5, 0.6) is 5.75 Å². The quantitative estimate of drug-likeness (QED) is 0.850. The molecule has 22 heavy (non-hydrogen) atoms. The predicted molar refractivity (Wildman–Crippen MR) is 80.0 cm³/mol. The van der Waals surface area contributed by atoms with E-state index in [1.54, 1.807) is 16.7 Å². The third-order valence-electron chi connectivity index (χ3n) is 3.69. The van der Waals surface area contributed by atoms with Crippen molar-refractivity contribution in [1.29, 1.82) is 0 Å². The summed E-state index contributed by atoms with van der Waals surface area (Å²) < 4.78 is 18.2. The van der Waals surface area contributed by atoms with Gasteiger partial charge in [-0.1, -0.05) is 0 Å². The largest absolute Gasteiger partial charge is 0.493 e. The van der Waals surface area contributed by atoms with Gasteiger partial charge < -0.3 is 14.5 Å². The average Bonchev–Trinajstić information content (AvgIpc) is 2.75. The molecule has 2 amide bonds. The van der Waals surface area contributed by atoms with Gasteiger partial charge in [0.05, 0.1) is 13.0 Å². The Morgan fingerprint density at radius 1 is 1.09 bits per heavy atom. The molecule has 1 aliphatic rings. The Kier molecular flexibility index (Phi) is 5.75. The van der Waals surface area contributed by atoms with Crippen molar-refractivity contribution < 1.29 is 18.7 Å². The minimum Gasteiger partial charge on any atom is -0.493 e. The molecule has 0 atom stereocenters. The van der Waals surface area contributed by atoms with E-state index in [0.29, 0.717) is 31.9 Å². The number of nitrogens with zero attached hydrogens (tertiary/aromatic N) is 2. The van der Waals surface area contributed by atoms with Gasteiger partial charge in [-0.2, -0.15) is 0 Å². The molecule has 1 heterocycles. The number of amides is 2. The lowest BCUT2D eigenvalue weighted by Gasteiger charge is -2.21. The van der Waals surface area contributed by atoms with E-state index < -0.39 is 0 Å². The highest BCUT2D eigenvalue weighted by Gasteiger charge is 2.19. The Morgan fingerprint density at radius 3 is 2.41 bits per heavy atom. The van der Waals surface area contributed by atoms with Gasteiger partial charge in [-0.15, -0.1) is 0 Å². The Bertz CT molecular complexity index is 519. The zero-order chi connectivity index (χ0) is 15.9. The Hall–Kier alpha value is -2.11. The van der Waals surface area contributed by atoms with E-state index in [1.165, 1.54) is 24.3 Å². The van der Waals surface area contributed by atoms with Gasteiger partial charge in [0.1, 0.15) is 11.6 Å². The summed E-state index contributed by atoms with van der Waals surface area (Å²) in [5.74, 6) is 0.303. The Labute approximate surface area is 129 Å². The smallest absolute Gasteiger partial charge is 0.226 e. The summed E-state index contributed by atoms with van der Waals surface area (Å²) in [6, 6.07) is 5.72. The topological polar surface area (TPSA) is 49.9 Å². The number of carbonyl (C=O) groups excluding carboxylic acids is 2. The van der Waals surface area contributed by atoms with E-state index in [4.69, 9.17) is 4.74 Å². The first-order valence-electron chi connectivity index (χ1n) is 7.48. The Balaban J connectivity index is 1.75. The van der Waals surface area contributed by atoms with Crippen molar-refractivity contribution in [1.82, 2.24) is 9.80 Å². The van der Waals surface area contributed by atoms with Crippen LogP contribution < -0.4 is 4.74 Å². The third kappa shape index (κ3) is 4.72. The Morgan fingerprint density at radius 2 is 1.73 bits per heavy atom. The average molecular weight is 308 g/mol. The van der Waals surface area contributed by atoms with Gasteiger partial charge in [0.25, 0.3) is 0 Å². The highest BCUT2D eigenvalue weighted by atomic mass is 19.1. The summed E-state index contributed by atoms with van der Waals surface area (Å²) in [4.78, 5) is 27.1. The van der Waals surface area contributed by atoms with E-state index in [2.05, 4.69) is 0 Å². The predicted octanol–water partition coefficient (Wildman–Crippen LogP) is 1.68. The van der Waals surface area contributed by atoms with Crippen LogP contribution in [0.3, 0.4) is 0 Å². The van der Waals surface area contributed by atoms with Crippen molar-refractivity contribution in [3.8, 4) is 5.75 Å². The van der Waals surface area contributed by atoms with E-state index in [-0.39, 0.29) is 30.7 Å². The van der Waals surface area contributed by atoms with Crippen molar-refractivity contribution in [3.63, 3.8) is 0 Å². The van der Waals surface area contributed by atoms with Crippen molar-refractivity contribution in [3.05, 3.63) is 30.1 Å². The fourth-order valence-corrected chi connectivity index (χ4v) is 2.43. The van der Waals surface area contributed by atoms with Crippen LogP contribution in [-0.2, 0) is 9.59 Å². The fourth-order valence-electron chi connectivity index (χ4n) is 2.43. The van der Waals surface area contributed by atoms with Crippen LogP contribution in [0.4, 0.5) is 4.39 Å². The van der Waals surface area contributed by atoms with E-state index >= 15 is 0 Å². The summed E-state index contributed by atoms with van der Waals surface area (Å²) >= 11 is 0. The van der Waals surface area contributed by atoms with Crippen molar-refractivity contribution in [2.45, 2.75) is 19.8 Å². The molecule has 5 nitrogen and oxygen atoms in total. The number of ether oxygens (including phenoxy) is 1. The molecule has 120 valence electrons. The van der Waals surface area contributed by atoms with Gasteiger partial charge in [0.2, 0.25) is 11.8 Å². The molecule has 1 saturated heterocycles. The maximum absolute atomic E-state index is 12.8. The van der Waals surface area contributed by atoms with Gasteiger partial charge in [-0.3, -0.25) is 9.59 Å². The molecule has 1 aromatic carbocycles. The molecule has 0 radical (unpaired) electrons. The molecule has 0 bridgehead atoms. The highest BCUT2D eigenvalue weighted by molar-refractivity contribution is 5.77. The van der Waals surface area contributed by atoms with Crippen LogP contribution in [0, 0.1) is 5.82 Å². The molecule has 6 heteroatoms. The van der Waals surface area contributed by atoms with Gasteiger partial charge in [0.15, 0.2) is 0 Å². The molecule has 0 spiro atoms. The van der Waals surface area contributed by atoms with Crippen LogP contribution >= 0.6 is 0 Å². The number of rotatable bonds is 4. The summed E-state index contributed by atoms with van der Waals surface area (Å²) in [6.07, 6.45) is 1.07. The third-order valence-corrected chi connectivity index (χ3v) is 3.69. The summed E-state index contributed by atoms with van der Waals surface area (Å²) in [7, 11) is 0. The summed E-state index contributed by atoms with van der Waals surface area (Å²) in [5, 5.41) is 0. The summed E-state index contributed by atoms with van der Waals surface area (Å²) in [6.45, 7) is 4.32. The number of halogens is 1. The van der Waals surface area contributed by atoms with Crippen LogP contribution in [0.15, 0.2) is 24.3 Å². The maximum atomic E-state index is 12.8. The molecule has 1 aromatic rings. The molecule has 0 aliphatic carbocycles. The molecular formula is C16H21FN2O3. The molecule has 0 saturated carbocycles. The monoisotopic (exact) mass is 308 g/mol. The van der Waals surface area contributed by atoms with Gasteiger partial charge >= 0.3 is 0 Å². The van der Waals surface area contributed by atoms with Gasteiger partial charge in [-0.25, -0.2) is 4.39 Å². The molecule has 1 aliphatic heterocycles. The summed E-state index contributed by atoms with van der Waals surface area (Å²) in [5.41, 5.74) is 0. The van der Waals surface area contributed by atoms with Crippen LogP contribution in [0.2, 0.25) is 0 Å². The number of hydrogen-bond donors (Lipinski definition) is 0. The molecule has 0 aromatic heterocycles. The first-order chi connectivity index (χ1) is 10.6. The van der Waals surface area contributed by atoms with E-state index in [0.717, 1.165) is 6.42 Å². The second-order valence-electron chi connectivity index (χ2n) is 5.29. The zero-order valence-electron chi connectivity index (χ0n) is 12.8. The molecular weight excluding hydrogens is 287 g/mol. The molecule has 2 rings (SSSR count).